The molecule has 0 bridgehead atoms. The summed E-state index contributed by atoms with van der Waals surface area (Å²) in [6, 6.07) is 1.83. The molecule has 1 rings (SSSR count). The SMILES string of the molecule is CC(C)COc1cnccc1CC(=N)N. The van der Waals surface area contributed by atoms with Crippen molar-refractivity contribution in [3.8, 4) is 5.75 Å². The van der Waals surface area contributed by atoms with Gasteiger partial charge in [-0.25, -0.2) is 0 Å². The number of amidine groups is 1. The first-order chi connectivity index (χ1) is 7.09. The Hall–Kier alpha value is -1.58. The first kappa shape index (κ1) is 11.5. The van der Waals surface area contributed by atoms with Gasteiger partial charge >= 0.3 is 0 Å². The van der Waals surface area contributed by atoms with E-state index in [0.29, 0.717) is 18.9 Å². The zero-order valence-corrected chi connectivity index (χ0v) is 9.16. The van der Waals surface area contributed by atoms with Gasteiger partial charge in [0.2, 0.25) is 0 Å². The molecule has 0 unspecified atom stereocenters. The molecule has 15 heavy (non-hydrogen) atoms. The third-order valence-corrected chi connectivity index (χ3v) is 1.82. The van der Waals surface area contributed by atoms with Crippen LogP contribution in [-0.2, 0) is 6.42 Å². The lowest BCUT2D eigenvalue weighted by Gasteiger charge is -2.11. The largest absolute Gasteiger partial charge is 0.491 e. The van der Waals surface area contributed by atoms with Gasteiger partial charge in [-0.05, 0) is 12.0 Å². The number of nitrogens with two attached hydrogens (primary N) is 1. The molecule has 82 valence electrons. The predicted octanol–water partition coefficient (Wildman–Crippen LogP) is 1.59. The molecule has 0 aliphatic rings. The van der Waals surface area contributed by atoms with Crippen molar-refractivity contribution in [2.45, 2.75) is 20.3 Å². The van der Waals surface area contributed by atoms with Crippen molar-refractivity contribution < 1.29 is 4.74 Å². The van der Waals surface area contributed by atoms with Gasteiger partial charge in [-0.2, -0.15) is 0 Å². The Balaban J connectivity index is 2.72. The molecular weight excluding hydrogens is 190 g/mol. The van der Waals surface area contributed by atoms with E-state index in [-0.39, 0.29) is 5.84 Å². The molecule has 1 aromatic heterocycles. The van der Waals surface area contributed by atoms with Gasteiger partial charge in [-0.15, -0.1) is 0 Å². The molecule has 0 atom stereocenters. The van der Waals surface area contributed by atoms with Crippen LogP contribution in [0, 0.1) is 11.3 Å². The van der Waals surface area contributed by atoms with Crippen LogP contribution in [-0.4, -0.2) is 17.4 Å². The Morgan fingerprint density at radius 1 is 1.60 bits per heavy atom. The predicted molar refractivity (Wildman–Crippen MR) is 60.2 cm³/mol. The maximum Gasteiger partial charge on any atom is 0.141 e. The number of nitrogens with one attached hydrogen (secondary N) is 1. The Bertz CT molecular complexity index is 336. The van der Waals surface area contributed by atoms with Crippen LogP contribution in [0.4, 0.5) is 0 Å². The van der Waals surface area contributed by atoms with Gasteiger partial charge < -0.3 is 10.5 Å². The van der Waals surface area contributed by atoms with Crippen molar-refractivity contribution in [2.75, 3.05) is 6.61 Å². The van der Waals surface area contributed by atoms with Crippen molar-refractivity contribution in [1.29, 1.82) is 5.41 Å². The highest BCUT2D eigenvalue weighted by molar-refractivity contribution is 5.80. The Morgan fingerprint density at radius 2 is 2.33 bits per heavy atom. The standard InChI is InChI=1S/C11H17N3O/c1-8(2)7-15-10-6-14-4-3-9(10)5-11(12)13/h3-4,6,8H,5,7H2,1-2H3,(H3,12,13). The summed E-state index contributed by atoms with van der Waals surface area (Å²) in [7, 11) is 0. The number of ether oxygens (including phenoxy) is 1. The molecule has 0 saturated heterocycles. The van der Waals surface area contributed by atoms with Crippen molar-refractivity contribution in [2.24, 2.45) is 11.7 Å². The fraction of sp³-hybridized carbons (Fsp3) is 0.455. The van der Waals surface area contributed by atoms with Gasteiger partial charge in [0.1, 0.15) is 5.75 Å². The Morgan fingerprint density at radius 3 is 2.93 bits per heavy atom. The zero-order chi connectivity index (χ0) is 11.3. The summed E-state index contributed by atoms with van der Waals surface area (Å²) in [5.74, 6) is 1.33. The maximum atomic E-state index is 7.25. The Kier molecular flexibility index (Phi) is 4.09. The summed E-state index contributed by atoms with van der Waals surface area (Å²) < 4.78 is 5.58. The van der Waals surface area contributed by atoms with E-state index in [1.54, 1.807) is 12.4 Å². The molecule has 1 heterocycles. The third kappa shape index (κ3) is 3.97. The molecule has 0 saturated carbocycles. The first-order valence-corrected chi connectivity index (χ1v) is 4.98. The van der Waals surface area contributed by atoms with E-state index in [1.807, 2.05) is 6.07 Å². The number of hydrogen-bond donors (Lipinski definition) is 2. The molecular formula is C11H17N3O. The van der Waals surface area contributed by atoms with Gasteiger partial charge in [-0.3, -0.25) is 10.4 Å². The van der Waals surface area contributed by atoms with Gasteiger partial charge in [-0.1, -0.05) is 13.8 Å². The number of nitrogens with zero attached hydrogens (tertiary/aromatic N) is 1. The molecule has 0 aliphatic carbocycles. The maximum absolute atomic E-state index is 7.25. The van der Waals surface area contributed by atoms with E-state index < -0.39 is 0 Å². The van der Waals surface area contributed by atoms with Gasteiger partial charge in [0, 0.05) is 18.2 Å². The minimum Gasteiger partial charge on any atom is -0.491 e. The van der Waals surface area contributed by atoms with Crippen LogP contribution in [0.2, 0.25) is 0 Å². The molecule has 0 fully saturated rings. The van der Waals surface area contributed by atoms with Crippen LogP contribution in [0.25, 0.3) is 0 Å². The molecule has 0 radical (unpaired) electrons. The fourth-order valence-electron chi connectivity index (χ4n) is 1.15. The van der Waals surface area contributed by atoms with E-state index in [0.717, 1.165) is 11.3 Å². The minimum atomic E-state index is 0.135. The van der Waals surface area contributed by atoms with Gasteiger partial charge in [0.15, 0.2) is 0 Å². The number of aromatic nitrogens is 1. The third-order valence-electron chi connectivity index (χ3n) is 1.82. The van der Waals surface area contributed by atoms with Crippen LogP contribution < -0.4 is 10.5 Å². The molecule has 0 amide bonds. The van der Waals surface area contributed by atoms with Crippen molar-refractivity contribution >= 4 is 5.84 Å². The average Bonchev–Trinajstić information content (AvgIpc) is 2.15. The quantitative estimate of drug-likeness (QED) is 0.569. The fourth-order valence-corrected chi connectivity index (χ4v) is 1.15. The molecule has 0 aliphatic heterocycles. The van der Waals surface area contributed by atoms with E-state index in [1.165, 1.54) is 0 Å². The highest BCUT2D eigenvalue weighted by atomic mass is 16.5. The lowest BCUT2D eigenvalue weighted by atomic mass is 10.1. The van der Waals surface area contributed by atoms with Crippen molar-refractivity contribution in [3.63, 3.8) is 0 Å². The number of hydrogen-bond acceptors (Lipinski definition) is 3. The number of rotatable bonds is 5. The molecule has 3 N–H and O–H groups in total. The second-order valence-corrected chi connectivity index (χ2v) is 3.89. The van der Waals surface area contributed by atoms with E-state index >= 15 is 0 Å². The first-order valence-electron chi connectivity index (χ1n) is 4.98. The summed E-state index contributed by atoms with van der Waals surface area (Å²) in [6.45, 7) is 4.82. The van der Waals surface area contributed by atoms with E-state index in [4.69, 9.17) is 15.9 Å². The smallest absolute Gasteiger partial charge is 0.141 e. The lowest BCUT2D eigenvalue weighted by molar-refractivity contribution is 0.268. The molecule has 1 aromatic rings. The minimum absolute atomic E-state index is 0.135. The molecule has 4 nitrogen and oxygen atoms in total. The van der Waals surface area contributed by atoms with E-state index in [2.05, 4.69) is 18.8 Å². The summed E-state index contributed by atoms with van der Waals surface area (Å²) in [5, 5.41) is 7.25. The number of pyridine rings is 1. The monoisotopic (exact) mass is 207 g/mol. The normalized spacial score (nSPS) is 10.3. The average molecular weight is 207 g/mol. The van der Waals surface area contributed by atoms with Gasteiger partial charge in [0.05, 0.1) is 18.6 Å². The molecule has 4 heteroatoms. The van der Waals surface area contributed by atoms with E-state index in [9.17, 15) is 0 Å². The highest BCUT2D eigenvalue weighted by Gasteiger charge is 2.05. The van der Waals surface area contributed by atoms with Crippen molar-refractivity contribution in [3.05, 3.63) is 24.0 Å². The Labute approximate surface area is 90.0 Å². The summed E-state index contributed by atoms with van der Waals surface area (Å²) >= 11 is 0. The summed E-state index contributed by atoms with van der Waals surface area (Å²) in [6.07, 6.45) is 3.76. The van der Waals surface area contributed by atoms with Crippen LogP contribution in [0.3, 0.4) is 0 Å². The zero-order valence-electron chi connectivity index (χ0n) is 9.16. The molecule has 0 aromatic carbocycles. The topological polar surface area (TPSA) is 72.0 Å². The van der Waals surface area contributed by atoms with Crippen LogP contribution in [0.1, 0.15) is 19.4 Å². The van der Waals surface area contributed by atoms with Crippen molar-refractivity contribution in [1.82, 2.24) is 4.98 Å². The highest BCUT2D eigenvalue weighted by Crippen LogP contribution is 2.17. The summed E-state index contributed by atoms with van der Waals surface area (Å²) in [5.41, 5.74) is 6.27. The lowest BCUT2D eigenvalue weighted by Crippen LogP contribution is -2.14. The van der Waals surface area contributed by atoms with Gasteiger partial charge in [0.25, 0.3) is 0 Å². The second kappa shape index (κ2) is 5.34. The second-order valence-electron chi connectivity index (χ2n) is 3.89. The van der Waals surface area contributed by atoms with Crippen LogP contribution in [0.5, 0.6) is 5.75 Å². The van der Waals surface area contributed by atoms with Crippen LogP contribution >= 0.6 is 0 Å². The molecule has 0 spiro atoms. The summed E-state index contributed by atoms with van der Waals surface area (Å²) in [4.78, 5) is 3.99. The van der Waals surface area contributed by atoms with Crippen LogP contribution in [0.15, 0.2) is 18.5 Å².